The lowest BCUT2D eigenvalue weighted by Gasteiger charge is -2.20. The molecule has 0 radical (unpaired) electrons. The Bertz CT molecular complexity index is 1400. The zero-order valence-electron chi connectivity index (χ0n) is 18.9. The van der Waals surface area contributed by atoms with E-state index in [2.05, 4.69) is 4.74 Å². The quantitative estimate of drug-likeness (QED) is 0.176. The van der Waals surface area contributed by atoms with Crippen LogP contribution in [0.25, 0.3) is 10.8 Å². The van der Waals surface area contributed by atoms with Gasteiger partial charge < -0.3 is 9.47 Å². The lowest BCUT2D eigenvalue weighted by Crippen LogP contribution is -2.24. The predicted molar refractivity (Wildman–Crippen MR) is 119 cm³/mol. The summed E-state index contributed by atoms with van der Waals surface area (Å²) in [6.07, 6.45) is -3.40. The standard InChI is InChI=1S/C27H19F7O2/c1-2-3-16-5-11-21(25(31)23(16)29)27(33,34)36-19-8-6-18(7-9-19)35-14-15-4-10-20-17(12-15)13-22(28)26(32)24(20)30/h4-13H,2-3,14H2,1H3. The molecule has 0 aliphatic carbocycles. The van der Waals surface area contributed by atoms with Gasteiger partial charge in [0.1, 0.15) is 23.7 Å². The number of alkyl halides is 2. The van der Waals surface area contributed by atoms with E-state index in [0.717, 1.165) is 30.3 Å². The number of benzene rings is 4. The van der Waals surface area contributed by atoms with Gasteiger partial charge in [0.15, 0.2) is 29.1 Å². The van der Waals surface area contributed by atoms with E-state index in [1.807, 2.05) is 0 Å². The van der Waals surface area contributed by atoms with E-state index in [4.69, 9.17) is 4.74 Å². The Kier molecular flexibility index (Phi) is 7.10. The Morgan fingerprint density at radius 1 is 0.722 bits per heavy atom. The van der Waals surface area contributed by atoms with Gasteiger partial charge in [-0.1, -0.05) is 31.5 Å². The molecular weight excluding hydrogens is 489 g/mol. The number of halogens is 7. The van der Waals surface area contributed by atoms with Gasteiger partial charge in [-0.15, -0.1) is 0 Å². The maximum Gasteiger partial charge on any atom is 0.429 e. The van der Waals surface area contributed by atoms with Crippen molar-refractivity contribution in [3.05, 3.63) is 106 Å². The lowest BCUT2D eigenvalue weighted by molar-refractivity contribution is -0.187. The molecule has 0 amide bonds. The van der Waals surface area contributed by atoms with Crippen LogP contribution in [0.1, 0.15) is 30.0 Å². The van der Waals surface area contributed by atoms with Gasteiger partial charge in [-0.05, 0) is 65.4 Å². The zero-order valence-corrected chi connectivity index (χ0v) is 18.9. The van der Waals surface area contributed by atoms with E-state index in [9.17, 15) is 30.7 Å². The summed E-state index contributed by atoms with van der Waals surface area (Å²) in [5.41, 5.74) is -0.696. The molecule has 0 heterocycles. The first-order chi connectivity index (χ1) is 17.1. The fraction of sp³-hybridized carbons (Fsp3) is 0.185. The Hall–Kier alpha value is -3.75. The molecule has 188 valence electrons. The van der Waals surface area contributed by atoms with Crippen LogP contribution >= 0.6 is 0 Å². The molecule has 9 heteroatoms. The molecule has 4 aromatic rings. The van der Waals surface area contributed by atoms with Crippen LogP contribution in [-0.2, 0) is 19.1 Å². The highest BCUT2D eigenvalue weighted by molar-refractivity contribution is 5.84. The van der Waals surface area contributed by atoms with Crippen molar-refractivity contribution < 1.29 is 40.2 Å². The molecule has 2 nitrogen and oxygen atoms in total. The number of hydrogen-bond donors (Lipinski definition) is 0. The summed E-state index contributed by atoms with van der Waals surface area (Å²) < 4.78 is 108. The third-order valence-corrected chi connectivity index (χ3v) is 5.51. The second-order valence-electron chi connectivity index (χ2n) is 8.07. The van der Waals surface area contributed by atoms with Gasteiger partial charge in [-0.2, -0.15) is 8.78 Å². The van der Waals surface area contributed by atoms with Crippen molar-refractivity contribution in [1.29, 1.82) is 0 Å². The summed E-state index contributed by atoms with van der Waals surface area (Å²) in [6.45, 7) is 1.71. The normalized spacial score (nSPS) is 11.7. The Morgan fingerprint density at radius 3 is 2.11 bits per heavy atom. The molecule has 4 aromatic carbocycles. The van der Waals surface area contributed by atoms with Crippen LogP contribution in [-0.4, -0.2) is 0 Å². The number of hydrogen-bond acceptors (Lipinski definition) is 2. The molecule has 0 fully saturated rings. The summed E-state index contributed by atoms with van der Waals surface area (Å²) in [5, 5.41) is 0.0567. The smallest absolute Gasteiger partial charge is 0.429 e. The number of ether oxygens (including phenoxy) is 2. The largest absolute Gasteiger partial charge is 0.489 e. The van der Waals surface area contributed by atoms with E-state index < -0.39 is 40.8 Å². The van der Waals surface area contributed by atoms with E-state index in [-0.39, 0.29) is 40.9 Å². The highest BCUT2D eigenvalue weighted by Gasteiger charge is 2.39. The molecule has 0 N–H and O–H groups in total. The second-order valence-corrected chi connectivity index (χ2v) is 8.07. The van der Waals surface area contributed by atoms with Gasteiger partial charge >= 0.3 is 6.11 Å². The average molecular weight is 508 g/mol. The van der Waals surface area contributed by atoms with Crippen LogP contribution in [0.15, 0.2) is 60.7 Å². The fourth-order valence-corrected chi connectivity index (χ4v) is 3.69. The van der Waals surface area contributed by atoms with Crippen LogP contribution in [0.4, 0.5) is 30.7 Å². The van der Waals surface area contributed by atoms with Crippen molar-refractivity contribution >= 4 is 10.8 Å². The van der Waals surface area contributed by atoms with E-state index in [1.54, 1.807) is 6.92 Å². The Labute approximate surface area is 201 Å². The van der Waals surface area contributed by atoms with Gasteiger partial charge in [-0.3, -0.25) is 0 Å². The molecule has 0 saturated heterocycles. The number of fused-ring (bicyclic) bond motifs is 1. The minimum Gasteiger partial charge on any atom is -0.489 e. The van der Waals surface area contributed by atoms with Gasteiger partial charge in [0.25, 0.3) is 0 Å². The number of rotatable bonds is 8. The van der Waals surface area contributed by atoms with Crippen molar-refractivity contribution in [1.82, 2.24) is 0 Å². The first-order valence-electron chi connectivity index (χ1n) is 10.9. The summed E-state index contributed by atoms with van der Waals surface area (Å²) >= 11 is 0. The first-order valence-corrected chi connectivity index (χ1v) is 10.9. The van der Waals surface area contributed by atoms with Crippen LogP contribution in [0.5, 0.6) is 11.5 Å². The minimum atomic E-state index is -4.13. The maximum atomic E-state index is 14.5. The molecule has 0 aromatic heterocycles. The van der Waals surface area contributed by atoms with Crippen molar-refractivity contribution in [2.75, 3.05) is 0 Å². The molecule has 0 aliphatic heterocycles. The summed E-state index contributed by atoms with van der Waals surface area (Å²) in [5.74, 6) is -7.21. The van der Waals surface area contributed by atoms with Gasteiger partial charge in [0, 0.05) is 5.39 Å². The number of aryl methyl sites for hydroxylation is 1. The molecule has 0 saturated carbocycles. The SMILES string of the molecule is CCCc1ccc(C(F)(F)Oc2ccc(OCc3ccc4c(F)c(F)c(F)cc4c3)cc2)c(F)c1F. The molecule has 0 unspecified atom stereocenters. The molecular formula is C27H19F7O2. The molecule has 0 aliphatic rings. The van der Waals surface area contributed by atoms with Gasteiger partial charge in [-0.25, -0.2) is 22.0 Å². The van der Waals surface area contributed by atoms with Gasteiger partial charge in [0.2, 0.25) is 0 Å². The summed E-state index contributed by atoms with van der Waals surface area (Å²) in [4.78, 5) is 0. The fourth-order valence-electron chi connectivity index (χ4n) is 3.69. The Morgan fingerprint density at radius 2 is 1.42 bits per heavy atom. The third kappa shape index (κ3) is 5.10. The molecule has 0 atom stereocenters. The van der Waals surface area contributed by atoms with E-state index >= 15 is 0 Å². The Balaban J connectivity index is 1.44. The molecule has 4 rings (SSSR count). The maximum absolute atomic E-state index is 14.5. The predicted octanol–water partition coefficient (Wildman–Crippen LogP) is 8.20. The average Bonchev–Trinajstić information content (AvgIpc) is 2.84. The first kappa shape index (κ1) is 25.3. The lowest BCUT2D eigenvalue weighted by atomic mass is 10.1. The highest BCUT2D eigenvalue weighted by atomic mass is 19.3. The van der Waals surface area contributed by atoms with Crippen LogP contribution < -0.4 is 9.47 Å². The van der Waals surface area contributed by atoms with Crippen LogP contribution in [0.2, 0.25) is 0 Å². The third-order valence-electron chi connectivity index (χ3n) is 5.51. The molecule has 36 heavy (non-hydrogen) atoms. The van der Waals surface area contributed by atoms with Crippen molar-refractivity contribution in [3.8, 4) is 11.5 Å². The topological polar surface area (TPSA) is 18.5 Å². The minimum absolute atomic E-state index is 0.00454. The summed E-state index contributed by atoms with van der Waals surface area (Å²) in [6, 6.07) is 11.9. The summed E-state index contributed by atoms with van der Waals surface area (Å²) in [7, 11) is 0. The molecule has 0 bridgehead atoms. The monoisotopic (exact) mass is 508 g/mol. The van der Waals surface area contributed by atoms with Gasteiger partial charge in [0.05, 0.1) is 0 Å². The van der Waals surface area contributed by atoms with Crippen molar-refractivity contribution in [2.24, 2.45) is 0 Å². The van der Waals surface area contributed by atoms with Crippen LogP contribution in [0, 0.1) is 29.1 Å². The van der Waals surface area contributed by atoms with Crippen molar-refractivity contribution in [2.45, 2.75) is 32.5 Å². The van der Waals surface area contributed by atoms with E-state index in [1.165, 1.54) is 30.3 Å². The van der Waals surface area contributed by atoms with Crippen LogP contribution in [0.3, 0.4) is 0 Å². The van der Waals surface area contributed by atoms with Crippen molar-refractivity contribution in [3.63, 3.8) is 0 Å². The van der Waals surface area contributed by atoms with E-state index in [0.29, 0.717) is 12.0 Å². The highest BCUT2D eigenvalue weighted by Crippen LogP contribution is 2.35. The molecule has 0 spiro atoms. The second kappa shape index (κ2) is 10.1. The zero-order chi connectivity index (χ0) is 26.0.